The third-order valence-corrected chi connectivity index (χ3v) is 2.25. The molecular formula is C12H11N3O3S. The van der Waals surface area contributed by atoms with Gasteiger partial charge in [-0.05, 0) is 24.3 Å². The number of fused-ring (bicyclic) bond motifs is 2. The highest BCUT2D eigenvalue weighted by atomic mass is 32.2. The number of para-hydroxylation sites is 4. The lowest BCUT2D eigenvalue weighted by molar-refractivity contribution is 0.485. The summed E-state index contributed by atoms with van der Waals surface area (Å²) in [6.45, 7) is 0. The van der Waals surface area contributed by atoms with Crippen LogP contribution >= 0.6 is 0 Å². The summed E-state index contributed by atoms with van der Waals surface area (Å²) in [5, 5.41) is 3.88. The minimum Gasteiger partial charge on any atom is -0.274 e. The second kappa shape index (κ2) is 5.27. The second-order valence-corrected chi connectivity index (χ2v) is 4.75. The van der Waals surface area contributed by atoms with Crippen LogP contribution in [0.2, 0.25) is 0 Å². The molecule has 0 radical (unpaired) electrons. The Morgan fingerprint density at radius 1 is 0.789 bits per heavy atom. The normalized spacial score (nSPS) is 11.1. The van der Waals surface area contributed by atoms with Crippen molar-refractivity contribution in [1.29, 1.82) is 0 Å². The van der Waals surface area contributed by atoms with E-state index in [9.17, 15) is 0 Å². The predicted molar refractivity (Wildman–Crippen MR) is 72.8 cm³/mol. The van der Waals surface area contributed by atoms with E-state index in [1.807, 2.05) is 48.5 Å². The molecule has 0 aliphatic rings. The van der Waals surface area contributed by atoms with Gasteiger partial charge in [0.15, 0.2) is 0 Å². The van der Waals surface area contributed by atoms with Crippen LogP contribution in [0.15, 0.2) is 48.5 Å². The van der Waals surface area contributed by atoms with Crippen LogP contribution in [0.1, 0.15) is 0 Å². The van der Waals surface area contributed by atoms with Crippen LogP contribution in [0.4, 0.5) is 0 Å². The first kappa shape index (κ1) is 13.3. The highest BCUT2D eigenvalue weighted by Crippen LogP contribution is 2.14. The molecule has 19 heavy (non-hydrogen) atoms. The molecule has 3 rings (SSSR count). The lowest BCUT2D eigenvalue weighted by atomic mass is 10.2. The van der Waals surface area contributed by atoms with Gasteiger partial charge in [-0.15, -0.1) is 0 Å². The van der Waals surface area contributed by atoms with Crippen molar-refractivity contribution >= 4 is 32.4 Å². The van der Waals surface area contributed by atoms with Gasteiger partial charge in [0.2, 0.25) is 0 Å². The quantitative estimate of drug-likeness (QED) is 0.478. The third kappa shape index (κ3) is 3.95. The molecule has 0 atom stereocenters. The minimum atomic E-state index is -4.17. The van der Waals surface area contributed by atoms with Crippen LogP contribution in [0.25, 0.3) is 22.1 Å². The summed E-state index contributed by atoms with van der Waals surface area (Å²) in [6.07, 6.45) is 0. The van der Waals surface area contributed by atoms with Crippen LogP contribution in [0, 0.1) is 0 Å². The highest BCUT2D eigenvalue weighted by molar-refractivity contribution is 7.83. The molecule has 2 aromatic carbocycles. The zero-order valence-corrected chi connectivity index (χ0v) is 10.6. The van der Waals surface area contributed by atoms with E-state index in [0.29, 0.717) is 0 Å². The summed E-state index contributed by atoms with van der Waals surface area (Å²) < 4.78 is 25.2. The van der Waals surface area contributed by atoms with Crippen molar-refractivity contribution < 1.29 is 13.0 Å². The zero-order valence-electron chi connectivity index (χ0n) is 9.76. The van der Waals surface area contributed by atoms with Crippen molar-refractivity contribution in [2.75, 3.05) is 0 Å². The van der Waals surface area contributed by atoms with E-state index in [0.717, 1.165) is 22.1 Å². The molecule has 0 amide bonds. The van der Waals surface area contributed by atoms with E-state index in [1.54, 1.807) is 0 Å². The molecule has 1 aromatic heterocycles. The zero-order chi connectivity index (χ0) is 13.9. The molecule has 0 spiro atoms. The molecule has 0 aliphatic carbocycles. The van der Waals surface area contributed by atoms with Crippen molar-refractivity contribution in [3.8, 4) is 0 Å². The number of aromatic nitrogens is 2. The van der Waals surface area contributed by atoms with Gasteiger partial charge >= 0.3 is 10.3 Å². The Balaban J connectivity index is 0.000000232. The van der Waals surface area contributed by atoms with Gasteiger partial charge in [0.1, 0.15) is 0 Å². The van der Waals surface area contributed by atoms with Gasteiger partial charge in [-0.25, -0.2) is 15.1 Å². The van der Waals surface area contributed by atoms with E-state index < -0.39 is 10.3 Å². The van der Waals surface area contributed by atoms with Crippen molar-refractivity contribution in [3.63, 3.8) is 0 Å². The smallest absolute Gasteiger partial charge is 0.274 e. The van der Waals surface area contributed by atoms with Gasteiger partial charge in [0.05, 0.1) is 22.1 Å². The molecule has 3 N–H and O–H groups in total. The number of hydrogen-bond acceptors (Lipinski definition) is 4. The number of benzene rings is 2. The number of nitrogens with zero attached hydrogens (tertiary/aromatic N) is 2. The third-order valence-electron chi connectivity index (χ3n) is 2.25. The molecule has 7 heteroatoms. The summed E-state index contributed by atoms with van der Waals surface area (Å²) in [7, 11) is -4.17. The van der Waals surface area contributed by atoms with Crippen LogP contribution in [0.5, 0.6) is 0 Å². The number of nitrogens with two attached hydrogens (primary N) is 1. The fourth-order valence-corrected chi connectivity index (χ4v) is 1.57. The molecule has 0 fully saturated rings. The Bertz CT molecular complexity index is 705. The highest BCUT2D eigenvalue weighted by Gasteiger charge is 1.98. The monoisotopic (exact) mass is 277 g/mol. The first-order valence-corrected chi connectivity index (χ1v) is 6.80. The van der Waals surface area contributed by atoms with E-state index in [4.69, 9.17) is 13.0 Å². The molecule has 1 heterocycles. The molecule has 0 bridgehead atoms. The fraction of sp³-hybridized carbons (Fsp3) is 0. The van der Waals surface area contributed by atoms with E-state index in [1.165, 1.54) is 0 Å². The first-order valence-electron chi connectivity index (χ1n) is 5.30. The Morgan fingerprint density at radius 2 is 1.00 bits per heavy atom. The number of rotatable bonds is 0. The van der Waals surface area contributed by atoms with E-state index in [2.05, 4.69) is 15.1 Å². The van der Waals surface area contributed by atoms with Gasteiger partial charge in [-0.1, -0.05) is 24.3 Å². The van der Waals surface area contributed by atoms with Gasteiger partial charge in [0, 0.05) is 0 Å². The Morgan fingerprint density at radius 3 is 1.21 bits per heavy atom. The van der Waals surface area contributed by atoms with Crippen LogP contribution in [-0.2, 0) is 10.3 Å². The standard InChI is InChI=1S/C12H8N2.H3NO3S/c1-2-6-10-9(5-1)13-11-7-3-4-8-12(11)14-10;1-5(2,3)4/h1-8H;(H3,1,2,3,4). The van der Waals surface area contributed by atoms with Crippen molar-refractivity contribution in [2.24, 2.45) is 5.14 Å². The van der Waals surface area contributed by atoms with Gasteiger partial charge in [-0.3, -0.25) is 4.55 Å². The topological polar surface area (TPSA) is 106 Å². The minimum absolute atomic E-state index is 0.950. The summed E-state index contributed by atoms with van der Waals surface area (Å²) in [4.78, 5) is 9.03. The first-order chi connectivity index (χ1) is 8.93. The summed E-state index contributed by atoms with van der Waals surface area (Å²) in [5.41, 5.74) is 3.80. The molecule has 0 saturated carbocycles. The molecular weight excluding hydrogens is 266 g/mol. The van der Waals surface area contributed by atoms with Crippen molar-refractivity contribution in [2.45, 2.75) is 0 Å². The predicted octanol–water partition coefficient (Wildman–Crippen LogP) is 1.53. The van der Waals surface area contributed by atoms with E-state index >= 15 is 0 Å². The fourth-order valence-electron chi connectivity index (χ4n) is 1.57. The Hall–Kier alpha value is -2.09. The van der Waals surface area contributed by atoms with E-state index in [-0.39, 0.29) is 0 Å². The van der Waals surface area contributed by atoms with Gasteiger partial charge < -0.3 is 0 Å². The average molecular weight is 277 g/mol. The van der Waals surface area contributed by atoms with Crippen LogP contribution in [-0.4, -0.2) is 22.9 Å². The van der Waals surface area contributed by atoms with Crippen LogP contribution < -0.4 is 5.14 Å². The van der Waals surface area contributed by atoms with Crippen LogP contribution in [0.3, 0.4) is 0 Å². The molecule has 0 saturated heterocycles. The summed E-state index contributed by atoms with van der Waals surface area (Å²) in [6, 6.07) is 15.8. The summed E-state index contributed by atoms with van der Waals surface area (Å²) in [5.74, 6) is 0. The maximum absolute atomic E-state index is 8.97. The second-order valence-electron chi connectivity index (χ2n) is 3.72. The largest absolute Gasteiger partial charge is 0.330 e. The van der Waals surface area contributed by atoms with Gasteiger partial charge in [-0.2, -0.15) is 8.42 Å². The molecule has 98 valence electrons. The molecule has 3 aromatic rings. The van der Waals surface area contributed by atoms with Gasteiger partial charge in [0.25, 0.3) is 0 Å². The lowest BCUT2D eigenvalue weighted by Crippen LogP contribution is -2.08. The summed E-state index contributed by atoms with van der Waals surface area (Å²) >= 11 is 0. The molecule has 0 unspecified atom stereocenters. The SMILES string of the molecule is NS(=O)(=O)O.c1ccc2nc3ccccc3nc2c1. The molecule has 0 aliphatic heterocycles. The average Bonchev–Trinajstić information content (AvgIpc) is 2.34. The Labute approximate surface area is 109 Å². The maximum Gasteiger partial charge on any atom is 0.330 e. The number of hydrogen-bond donors (Lipinski definition) is 2. The van der Waals surface area contributed by atoms with Crippen molar-refractivity contribution in [1.82, 2.24) is 9.97 Å². The Kier molecular flexibility index (Phi) is 3.70. The molecule has 6 nitrogen and oxygen atoms in total. The lowest BCUT2D eigenvalue weighted by Gasteiger charge is -1.98. The van der Waals surface area contributed by atoms with Crippen molar-refractivity contribution in [3.05, 3.63) is 48.5 Å². The maximum atomic E-state index is 8.97.